The van der Waals surface area contributed by atoms with Crippen LogP contribution < -0.4 is 10.2 Å². The Balaban J connectivity index is 0.00000253. The van der Waals surface area contributed by atoms with Crippen LogP contribution in [-0.2, 0) is 17.5 Å². The number of aliphatic carboxylic acids is 1. The molecule has 3 aromatic rings. The Kier molecular flexibility index (Phi) is 11.6. The summed E-state index contributed by atoms with van der Waals surface area (Å²) in [5.74, 6) is -1.18. The summed E-state index contributed by atoms with van der Waals surface area (Å²) < 4.78 is 40.7. The molecule has 2 N–H and O–H groups in total. The number of carboxylic acids is 1. The monoisotopic (exact) mass is 680 g/mol. The molecule has 2 aliphatic rings. The third-order valence-electron chi connectivity index (χ3n) is 7.54. The SMILES string of the molecule is C[C@@H]1CCCN1Cc1sc(NC(=O)c2cnc(N3CCC(C(=O)O)CC3)cn2)nc1-c1ccc(Cl)c(C(F)(F)F)c1.Cl.Cl. The minimum absolute atomic E-state index is 0. The van der Waals surface area contributed by atoms with Gasteiger partial charge in [0.2, 0.25) is 0 Å². The summed E-state index contributed by atoms with van der Waals surface area (Å²) in [5.41, 5.74) is -0.279. The lowest BCUT2D eigenvalue weighted by Crippen LogP contribution is -2.36. The molecule has 0 spiro atoms. The van der Waals surface area contributed by atoms with Crippen LogP contribution in [0.3, 0.4) is 0 Å². The Morgan fingerprint density at radius 2 is 1.84 bits per heavy atom. The molecule has 5 rings (SSSR count). The molecular formula is C27H30Cl3F3N6O3S. The Morgan fingerprint density at radius 1 is 1.12 bits per heavy atom. The maximum Gasteiger partial charge on any atom is 0.417 e. The number of piperidine rings is 1. The van der Waals surface area contributed by atoms with Gasteiger partial charge in [-0.15, -0.1) is 24.8 Å². The van der Waals surface area contributed by atoms with E-state index in [1.165, 1.54) is 35.9 Å². The van der Waals surface area contributed by atoms with Crippen LogP contribution in [-0.4, -0.2) is 62.5 Å². The van der Waals surface area contributed by atoms with Crippen molar-refractivity contribution in [2.75, 3.05) is 29.9 Å². The van der Waals surface area contributed by atoms with Gasteiger partial charge in [0.25, 0.3) is 5.91 Å². The van der Waals surface area contributed by atoms with Crippen molar-refractivity contribution in [3.8, 4) is 11.3 Å². The van der Waals surface area contributed by atoms with Crippen LogP contribution in [0.2, 0.25) is 5.02 Å². The molecule has 0 aliphatic carbocycles. The van der Waals surface area contributed by atoms with Gasteiger partial charge in [0.15, 0.2) is 5.13 Å². The van der Waals surface area contributed by atoms with Gasteiger partial charge in [0, 0.05) is 36.1 Å². The number of hydrogen-bond donors (Lipinski definition) is 2. The molecule has 9 nitrogen and oxygen atoms in total. The fourth-order valence-electron chi connectivity index (χ4n) is 5.16. The number of hydrogen-bond acceptors (Lipinski definition) is 8. The minimum atomic E-state index is -4.62. The Bertz CT molecular complexity index is 1440. The first-order chi connectivity index (χ1) is 19.5. The number of rotatable bonds is 7. The molecule has 2 fully saturated rings. The number of amides is 1. The van der Waals surface area contributed by atoms with Gasteiger partial charge in [-0.2, -0.15) is 13.2 Å². The number of carbonyl (C=O) groups is 2. The molecule has 2 aromatic heterocycles. The van der Waals surface area contributed by atoms with Crippen LogP contribution in [0.4, 0.5) is 24.1 Å². The number of aromatic nitrogens is 3. The highest BCUT2D eigenvalue weighted by molar-refractivity contribution is 7.16. The molecule has 0 radical (unpaired) electrons. The molecule has 4 heterocycles. The third kappa shape index (κ3) is 8.07. The van der Waals surface area contributed by atoms with Crippen LogP contribution in [0.5, 0.6) is 0 Å². The van der Waals surface area contributed by atoms with Gasteiger partial charge in [-0.25, -0.2) is 15.0 Å². The summed E-state index contributed by atoms with van der Waals surface area (Å²) in [4.78, 5) is 42.2. The Hall–Kier alpha value is -2.71. The van der Waals surface area contributed by atoms with Crippen LogP contribution in [0, 0.1) is 5.92 Å². The molecule has 43 heavy (non-hydrogen) atoms. The molecule has 1 aromatic carbocycles. The molecular weight excluding hydrogens is 652 g/mol. The van der Waals surface area contributed by atoms with E-state index in [2.05, 4.69) is 32.1 Å². The van der Waals surface area contributed by atoms with Crippen molar-refractivity contribution in [3.63, 3.8) is 0 Å². The molecule has 16 heteroatoms. The van der Waals surface area contributed by atoms with E-state index in [1.807, 2.05) is 4.90 Å². The average molecular weight is 682 g/mol. The molecule has 0 bridgehead atoms. The van der Waals surface area contributed by atoms with E-state index in [4.69, 9.17) is 11.6 Å². The van der Waals surface area contributed by atoms with Crippen LogP contribution >= 0.6 is 47.8 Å². The number of thiazole rings is 1. The van der Waals surface area contributed by atoms with Crippen molar-refractivity contribution in [2.45, 2.75) is 51.4 Å². The van der Waals surface area contributed by atoms with Gasteiger partial charge in [-0.1, -0.05) is 29.0 Å². The molecule has 1 atom stereocenters. The number of alkyl halides is 3. The van der Waals surface area contributed by atoms with Gasteiger partial charge in [-0.05, 0) is 51.3 Å². The zero-order chi connectivity index (χ0) is 29.3. The van der Waals surface area contributed by atoms with Crippen molar-refractivity contribution in [1.29, 1.82) is 0 Å². The molecule has 2 saturated heterocycles. The number of carbonyl (C=O) groups excluding carboxylic acids is 1. The topological polar surface area (TPSA) is 112 Å². The number of anilines is 2. The highest BCUT2D eigenvalue weighted by Crippen LogP contribution is 2.40. The predicted octanol–water partition coefficient (Wildman–Crippen LogP) is 6.65. The number of benzene rings is 1. The lowest BCUT2D eigenvalue weighted by molar-refractivity contribution is -0.142. The van der Waals surface area contributed by atoms with Crippen LogP contribution in [0.25, 0.3) is 11.3 Å². The zero-order valence-electron chi connectivity index (χ0n) is 22.9. The van der Waals surface area contributed by atoms with Gasteiger partial charge in [0.1, 0.15) is 11.5 Å². The van der Waals surface area contributed by atoms with Gasteiger partial charge >= 0.3 is 12.1 Å². The van der Waals surface area contributed by atoms with Crippen LogP contribution in [0.1, 0.15) is 53.5 Å². The van der Waals surface area contributed by atoms with E-state index in [-0.39, 0.29) is 47.1 Å². The molecule has 1 amide bonds. The quantitative estimate of drug-likeness (QED) is 0.285. The van der Waals surface area contributed by atoms with Gasteiger partial charge in [0.05, 0.1) is 34.6 Å². The van der Waals surface area contributed by atoms with E-state index in [0.717, 1.165) is 30.3 Å². The second-order valence-electron chi connectivity index (χ2n) is 10.3. The number of likely N-dealkylation sites (tertiary alicyclic amines) is 1. The summed E-state index contributed by atoms with van der Waals surface area (Å²) in [6, 6.07) is 4.02. The van der Waals surface area contributed by atoms with E-state index < -0.39 is 28.6 Å². The molecule has 0 unspecified atom stereocenters. The summed E-state index contributed by atoms with van der Waals surface area (Å²) in [7, 11) is 0. The fourth-order valence-corrected chi connectivity index (χ4v) is 6.39. The van der Waals surface area contributed by atoms with E-state index in [0.29, 0.717) is 50.0 Å². The van der Waals surface area contributed by atoms with Crippen molar-refractivity contribution < 1.29 is 27.9 Å². The highest BCUT2D eigenvalue weighted by atomic mass is 35.5. The van der Waals surface area contributed by atoms with E-state index >= 15 is 0 Å². The molecule has 234 valence electrons. The van der Waals surface area contributed by atoms with Gasteiger partial charge < -0.3 is 10.0 Å². The summed E-state index contributed by atoms with van der Waals surface area (Å²) in [5, 5.41) is 11.7. The molecule has 2 aliphatic heterocycles. The lowest BCUT2D eigenvalue weighted by atomic mass is 9.97. The third-order valence-corrected chi connectivity index (χ3v) is 8.82. The normalized spacial score (nSPS) is 17.7. The number of halogens is 6. The summed E-state index contributed by atoms with van der Waals surface area (Å²) in [6.07, 6.45) is 1.25. The van der Waals surface area contributed by atoms with Crippen molar-refractivity contribution in [2.24, 2.45) is 5.92 Å². The highest BCUT2D eigenvalue weighted by Gasteiger charge is 2.34. The summed E-state index contributed by atoms with van der Waals surface area (Å²) in [6.45, 7) is 4.51. The maximum atomic E-state index is 13.6. The Morgan fingerprint density at radius 3 is 2.42 bits per heavy atom. The zero-order valence-corrected chi connectivity index (χ0v) is 26.1. The number of nitrogens with one attached hydrogen (secondary N) is 1. The average Bonchev–Trinajstić information content (AvgIpc) is 3.53. The standard InChI is InChI=1S/C27H28ClF3N6O3S.2ClH/c1-15-3-2-8-37(15)14-21-23(17-4-5-19(28)18(11-17)27(29,30)31)34-26(41-21)35-24(38)20-12-33-22(13-32-20)36-9-6-16(7-10-36)25(39)40;;/h4-5,11-13,15-16H,2-3,6-10,14H2,1H3,(H,39,40)(H,34,35,38);2*1H/t15-;;/m1../s1. The van der Waals surface area contributed by atoms with E-state index in [9.17, 15) is 27.9 Å². The number of carboxylic acid groups (broad SMARTS) is 1. The van der Waals surface area contributed by atoms with Crippen molar-refractivity contribution in [3.05, 3.63) is 51.7 Å². The largest absolute Gasteiger partial charge is 0.481 e. The second-order valence-corrected chi connectivity index (χ2v) is 11.7. The minimum Gasteiger partial charge on any atom is -0.481 e. The Labute approximate surface area is 267 Å². The van der Waals surface area contributed by atoms with Crippen molar-refractivity contribution >= 4 is 70.6 Å². The maximum absolute atomic E-state index is 13.6. The fraction of sp³-hybridized carbons (Fsp3) is 0.444. The second kappa shape index (κ2) is 14.4. The summed E-state index contributed by atoms with van der Waals surface area (Å²) >= 11 is 7.05. The first kappa shape index (κ1) is 34.8. The van der Waals surface area contributed by atoms with E-state index in [1.54, 1.807) is 0 Å². The smallest absolute Gasteiger partial charge is 0.417 e. The first-order valence-corrected chi connectivity index (χ1v) is 14.4. The van der Waals surface area contributed by atoms with Crippen molar-refractivity contribution in [1.82, 2.24) is 19.9 Å². The molecule has 0 saturated carbocycles. The first-order valence-electron chi connectivity index (χ1n) is 13.2. The lowest BCUT2D eigenvalue weighted by Gasteiger charge is -2.30. The van der Waals surface area contributed by atoms with Crippen LogP contribution in [0.15, 0.2) is 30.6 Å². The van der Waals surface area contributed by atoms with Gasteiger partial charge in [-0.3, -0.25) is 19.8 Å². The number of nitrogens with zero attached hydrogens (tertiary/aromatic N) is 5. The predicted molar refractivity (Wildman–Crippen MR) is 164 cm³/mol.